The minimum absolute atomic E-state index is 0.0547. The van der Waals surface area contributed by atoms with Crippen LogP contribution in [0.2, 0.25) is 0 Å². The van der Waals surface area contributed by atoms with Crippen LogP contribution in [0, 0.1) is 10.1 Å². The molecular formula is C17H18N2O3. The van der Waals surface area contributed by atoms with Gasteiger partial charge in [0.2, 0.25) is 0 Å². The Morgan fingerprint density at radius 2 is 1.91 bits per heavy atom. The fourth-order valence-electron chi connectivity index (χ4n) is 2.28. The summed E-state index contributed by atoms with van der Waals surface area (Å²) in [5.41, 5.74) is 2.68. The van der Waals surface area contributed by atoms with Crippen LogP contribution in [0.5, 0.6) is 0 Å². The molecule has 0 spiro atoms. The molecule has 114 valence electrons. The molecule has 2 aromatic carbocycles. The van der Waals surface area contributed by atoms with Gasteiger partial charge in [-0.1, -0.05) is 31.2 Å². The standard InChI is InChI=1S/C17H18N2O3/c1-4-12-6-5-7-13(10-12)15-9-8-14(17(20)18(2)3)11-16(15)19(21)22/h5-11H,4H2,1-3H3. The van der Waals surface area contributed by atoms with E-state index < -0.39 is 4.92 Å². The van der Waals surface area contributed by atoms with E-state index in [4.69, 9.17) is 0 Å². The van der Waals surface area contributed by atoms with Crippen LogP contribution in [0.25, 0.3) is 11.1 Å². The summed E-state index contributed by atoms with van der Waals surface area (Å²) in [6.07, 6.45) is 0.860. The van der Waals surface area contributed by atoms with Crippen molar-refractivity contribution < 1.29 is 9.72 Å². The van der Waals surface area contributed by atoms with Crippen molar-refractivity contribution in [1.82, 2.24) is 4.90 Å². The summed E-state index contributed by atoms with van der Waals surface area (Å²) in [4.78, 5) is 24.3. The molecule has 0 N–H and O–H groups in total. The summed E-state index contributed by atoms with van der Waals surface area (Å²) >= 11 is 0. The van der Waals surface area contributed by atoms with Gasteiger partial charge in [-0.25, -0.2) is 0 Å². The van der Waals surface area contributed by atoms with Crippen molar-refractivity contribution >= 4 is 11.6 Å². The van der Waals surface area contributed by atoms with Gasteiger partial charge in [0.25, 0.3) is 11.6 Å². The zero-order chi connectivity index (χ0) is 16.3. The van der Waals surface area contributed by atoms with Crippen molar-refractivity contribution in [2.75, 3.05) is 14.1 Å². The van der Waals surface area contributed by atoms with Crippen LogP contribution in [0.15, 0.2) is 42.5 Å². The zero-order valence-electron chi connectivity index (χ0n) is 12.9. The highest BCUT2D eigenvalue weighted by Crippen LogP contribution is 2.31. The first-order chi connectivity index (χ1) is 10.4. The largest absolute Gasteiger partial charge is 0.345 e. The summed E-state index contributed by atoms with van der Waals surface area (Å²) in [6.45, 7) is 2.03. The summed E-state index contributed by atoms with van der Waals surface area (Å²) in [6, 6.07) is 12.3. The van der Waals surface area contributed by atoms with Crippen LogP contribution in [-0.2, 0) is 6.42 Å². The lowest BCUT2D eigenvalue weighted by Gasteiger charge is -2.11. The molecule has 2 rings (SSSR count). The fourth-order valence-corrected chi connectivity index (χ4v) is 2.28. The Bertz CT molecular complexity index is 724. The first-order valence-electron chi connectivity index (χ1n) is 7.03. The normalized spacial score (nSPS) is 10.3. The van der Waals surface area contributed by atoms with Crippen LogP contribution >= 0.6 is 0 Å². The zero-order valence-corrected chi connectivity index (χ0v) is 12.9. The highest BCUT2D eigenvalue weighted by Gasteiger charge is 2.19. The van der Waals surface area contributed by atoms with Gasteiger partial charge in [-0.3, -0.25) is 14.9 Å². The minimum atomic E-state index is -0.444. The molecule has 0 aliphatic rings. The van der Waals surface area contributed by atoms with Crippen LogP contribution in [0.4, 0.5) is 5.69 Å². The van der Waals surface area contributed by atoms with Gasteiger partial charge >= 0.3 is 0 Å². The van der Waals surface area contributed by atoms with E-state index >= 15 is 0 Å². The minimum Gasteiger partial charge on any atom is -0.345 e. The average molecular weight is 298 g/mol. The molecule has 0 unspecified atom stereocenters. The second-order valence-corrected chi connectivity index (χ2v) is 5.24. The molecule has 0 aromatic heterocycles. The summed E-state index contributed by atoms with van der Waals surface area (Å²) in [5.74, 6) is -0.253. The SMILES string of the molecule is CCc1cccc(-c2ccc(C(=O)N(C)C)cc2[N+](=O)[O-])c1. The van der Waals surface area contributed by atoms with Gasteiger partial charge in [0.05, 0.1) is 10.5 Å². The van der Waals surface area contributed by atoms with Crippen molar-refractivity contribution in [3.8, 4) is 11.1 Å². The Labute approximate surface area is 129 Å². The van der Waals surface area contributed by atoms with Crippen molar-refractivity contribution in [3.05, 3.63) is 63.7 Å². The molecular weight excluding hydrogens is 280 g/mol. The maximum atomic E-state index is 12.0. The molecule has 0 bridgehead atoms. The third kappa shape index (κ3) is 3.14. The maximum Gasteiger partial charge on any atom is 0.277 e. The molecule has 0 saturated heterocycles. The van der Waals surface area contributed by atoms with Gasteiger partial charge in [-0.05, 0) is 29.7 Å². The van der Waals surface area contributed by atoms with E-state index in [1.807, 2.05) is 31.2 Å². The smallest absolute Gasteiger partial charge is 0.277 e. The second-order valence-electron chi connectivity index (χ2n) is 5.24. The molecule has 0 saturated carbocycles. The molecule has 0 aliphatic carbocycles. The Morgan fingerprint density at radius 1 is 1.18 bits per heavy atom. The van der Waals surface area contributed by atoms with Crippen molar-refractivity contribution in [2.45, 2.75) is 13.3 Å². The quantitative estimate of drug-likeness (QED) is 0.640. The number of carbonyl (C=O) groups is 1. The number of nitro benzene ring substituents is 1. The van der Waals surface area contributed by atoms with E-state index in [0.717, 1.165) is 17.5 Å². The first-order valence-corrected chi connectivity index (χ1v) is 7.03. The second kappa shape index (κ2) is 6.39. The predicted octanol–water partition coefficient (Wildman–Crippen LogP) is 3.53. The van der Waals surface area contributed by atoms with Gasteiger partial charge in [0.1, 0.15) is 0 Å². The van der Waals surface area contributed by atoms with Gasteiger partial charge in [0, 0.05) is 25.7 Å². The topological polar surface area (TPSA) is 63.5 Å². The number of nitrogens with zero attached hydrogens (tertiary/aromatic N) is 2. The molecule has 0 fully saturated rings. The predicted molar refractivity (Wildman–Crippen MR) is 85.9 cm³/mol. The van der Waals surface area contributed by atoms with Crippen LogP contribution in [0.3, 0.4) is 0 Å². The lowest BCUT2D eigenvalue weighted by Crippen LogP contribution is -2.21. The highest BCUT2D eigenvalue weighted by atomic mass is 16.6. The van der Waals surface area contributed by atoms with Crippen molar-refractivity contribution in [3.63, 3.8) is 0 Å². The van der Waals surface area contributed by atoms with E-state index in [1.54, 1.807) is 26.2 Å². The molecule has 22 heavy (non-hydrogen) atoms. The molecule has 1 amide bonds. The molecule has 0 radical (unpaired) electrons. The third-order valence-corrected chi connectivity index (χ3v) is 3.49. The van der Waals surface area contributed by atoms with Gasteiger partial charge in [-0.2, -0.15) is 0 Å². The number of hydrogen-bond donors (Lipinski definition) is 0. The number of aryl methyl sites for hydroxylation is 1. The fraction of sp³-hybridized carbons (Fsp3) is 0.235. The first kappa shape index (κ1) is 15.7. The number of hydrogen-bond acceptors (Lipinski definition) is 3. The summed E-state index contributed by atoms with van der Waals surface area (Å²) in [7, 11) is 3.24. The van der Waals surface area contributed by atoms with Crippen molar-refractivity contribution in [1.29, 1.82) is 0 Å². The lowest BCUT2D eigenvalue weighted by atomic mass is 9.99. The highest BCUT2D eigenvalue weighted by molar-refractivity contribution is 5.95. The van der Waals surface area contributed by atoms with Gasteiger partial charge in [0.15, 0.2) is 0 Å². The van der Waals surface area contributed by atoms with Gasteiger partial charge in [-0.15, -0.1) is 0 Å². The van der Waals surface area contributed by atoms with E-state index in [1.165, 1.54) is 11.0 Å². The Kier molecular flexibility index (Phi) is 4.56. The number of nitro groups is 1. The number of rotatable bonds is 4. The molecule has 0 atom stereocenters. The maximum absolute atomic E-state index is 12.0. The summed E-state index contributed by atoms with van der Waals surface area (Å²) < 4.78 is 0. The van der Waals surface area contributed by atoms with Gasteiger partial charge < -0.3 is 4.90 Å². The van der Waals surface area contributed by atoms with Crippen LogP contribution < -0.4 is 0 Å². The van der Waals surface area contributed by atoms with Crippen LogP contribution in [0.1, 0.15) is 22.8 Å². The van der Waals surface area contributed by atoms with E-state index in [2.05, 4.69) is 0 Å². The Balaban J connectivity index is 2.56. The van der Waals surface area contributed by atoms with E-state index in [-0.39, 0.29) is 11.6 Å². The Hall–Kier alpha value is -2.69. The Morgan fingerprint density at radius 3 is 2.50 bits per heavy atom. The molecule has 5 heteroatoms. The molecule has 0 aliphatic heterocycles. The van der Waals surface area contributed by atoms with Crippen molar-refractivity contribution in [2.24, 2.45) is 0 Å². The van der Waals surface area contributed by atoms with E-state index in [0.29, 0.717) is 11.1 Å². The van der Waals surface area contributed by atoms with Crippen LogP contribution in [-0.4, -0.2) is 29.8 Å². The molecule has 2 aromatic rings. The molecule has 0 heterocycles. The number of carbonyl (C=O) groups excluding carboxylic acids is 1. The lowest BCUT2D eigenvalue weighted by molar-refractivity contribution is -0.384. The molecule has 5 nitrogen and oxygen atoms in total. The summed E-state index contributed by atoms with van der Waals surface area (Å²) in [5, 5.41) is 11.4. The number of benzene rings is 2. The third-order valence-electron chi connectivity index (χ3n) is 3.49. The number of amides is 1. The average Bonchev–Trinajstić information content (AvgIpc) is 2.53. The van der Waals surface area contributed by atoms with E-state index in [9.17, 15) is 14.9 Å². The monoisotopic (exact) mass is 298 g/mol.